The van der Waals surface area contributed by atoms with Crippen LogP contribution >= 0.6 is 0 Å². The van der Waals surface area contributed by atoms with E-state index < -0.39 is 16.9 Å². The number of primary amides is 1. The Morgan fingerprint density at radius 3 is 2.19 bits per heavy atom. The normalized spacial score (nSPS) is 20.0. The highest BCUT2D eigenvalue weighted by Gasteiger charge is 2.44. The van der Waals surface area contributed by atoms with Gasteiger partial charge in [-0.05, 0) is 39.5 Å². The topological polar surface area (TPSA) is 98.2 Å². The number of hydrogen-bond acceptors (Lipinski definition) is 3. The van der Waals surface area contributed by atoms with Crippen LogP contribution in [-0.4, -0.2) is 23.9 Å². The van der Waals surface area contributed by atoms with E-state index in [1.54, 1.807) is 20.8 Å². The van der Waals surface area contributed by atoms with Gasteiger partial charge in [0, 0.05) is 6.54 Å². The van der Waals surface area contributed by atoms with E-state index in [1.165, 1.54) is 0 Å². The molecule has 5 nitrogen and oxygen atoms in total. The van der Waals surface area contributed by atoms with Crippen molar-refractivity contribution in [1.82, 2.24) is 5.32 Å². The van der Waals surface area contributed by atoms with Crippen molar-refractivity contribution < 1.29 is 9.59 Å². The Bertz CT molecular complexity index is 306. The maximum atomic E-state index is 11.8. The van der Waals surface area contributed by atoms with E-state index in [0.29, 0.717) is 0 Å². The Morgan fingerprint density at radius 1 is 1.31 bits per heavy atom. The SMILES string of the molecule is CC(C)(CNC(=O)C(C)(N)C1CC1)C(N)=O. The zero-order chi connectivity index (χ0) is 12.6. The van der Waals surface area contributed by atoms with Gasteiger partial charge in [0.2, 0.25) is 11.8 Å². The first-order valence-electron chi connectivity index (χ1n) is 5.55. The Kier molecular flexibility index (Phi) is 3.28. The van der Waals surface area contributed by atoms with Gasteiger partial charge in [-0.25, -0.2) is 0 Å². The Balaban J connectivity index is 2.49. The Labute approximate surface area is 95.9 Å². The molecule has 1 rings (SSSR count). The van der Waals surface area contributed by atoms with E-state index in [2.05, 4.69) is 5.32 Å². The van der Waals surface area contributed by atoms with E-state index in [9.17, 15) is 9.59 Å². The molecule has 0 aromatic heterocycles. The molecule has 1 saturated carbocycles. The van der Waals surface area contributed by atoms with Gasteiger partial charge < -0.3 is 16.8 Å². The number of rotatable bonds is 5. The predicted octanol–water partition coefficient (Wildman–Crippen LogP) is -0.258. The van der Waals surface area contributed by atoms with Crippen LogP contribution in [0.3, 0.4) is 0 Å². The zero-order valence-corrected chi connectivity index (χ0v) is 10.2. The first-order valence-corrected chi connectivity index (χ1v) is 5.55. The molecule has 2 amide bonds. The Morgan fingerprint density at radius 2 is 1.81 bits per heavy atom. The highest BCUT2D eigenvalue weighted by Crippen LogP contribution is 2.38. The molecule has 0 aromatic carbocycles. The number of amides is 2. The second kappa shape index (κ2) is 4.05. The van der Waals surface area contributed by atoms with Gasteiger partial charge in [0.1, 0.15) is 0 Å². The molecular weight excluding hydrogens is 206 g/mol. The summed E-state index contributed by atoms with van der Waals surface area (Å²) in [5.41, 5.74) is 9.59. The number of nitrogens with one attached hydrogen (secondary N) is 1. The minimum absolute atomic E-state index is 0.204. The summed E-state index contributed by atoms with van der Waals surface area (Å²) in [7, 11) is 0. The minimum atomic E-state index is -0.826. The van der Waals surface area contributed by atoms with Gasteiger partial charge in [-0.3, -0.25) is 9.59 Å². The van der Waals surface area contributed by atoms with Crippen molar-refractivity contribution in [3.05, 3.63) is 0 Å². The summed E-state index contributed by atoms with van der Waals surface area (Å²) >= 11 is 0. The third-order valence-electron chi connectivity index (χ3n) is 3.27. The van der Waals surface area contributed by atoms with Crippen molar-refractivity contribution in [2.45, 2.75) is 39.2 Å². The Hall–Kier alpha value is -1.10. The predicted molar refractivity (Wildman–Crippen MR) is 61.3 cm³/mol. The van der Waals surface area contributed by atoms with Crippen molar-refractivity contribution in [3.63, 3.8) is 0 Å². The molecule has 0 spiro atoms. The standard InChI is InChI=1S/C11H21N3O2/c1-10(2,8(12)15)6-14-9(16)11(3,13)7-4-5-7/h7H,4-6,13H2,1-3H3,(H2,12,15)(H,14,16). The van der Waals surface area contributed by atoms with Crippen molar-refractivity contribution in [3.8, 4) is 0 Å². The molecule has 5 heteroatoms. The third-order valence-corrected chi connectivity index (χ3v) is 3.27. The molecule has 0 aromatic rings. The molecule has 92 valence electrons. The van der Waals surface area contributed by atoms with Crippen molar-refractivity contribution in [2.75, 3.05) is 6.54 Å². The van der Waals surface area contributed by atoms with Crippen LogP contribution in [-0.2, 0) is 9.59 Å². The first kappa shape index (κ1) is 13.0. The summed E-state index contributed by atoms with van der Waals surface area (Å²) in [5, 5.41) is 2.70. The molecule has 0 bridgehead atoms. The van der Waals surface area contributed by atoms with E-state index in [0.717, 1.165) is 12.8 Å². The van der Waals surface area contributed by atoms with Gasteiger partial charge in [0.15, 0.2) is 0 Å². The summed E-state index contributed by atoms with van der Waals surface area (Å²) in [6.45, 7) is 5.35. The van der Waals surface area contributed by atoms with E-state index in [1.807, 2.05) is 0 Å². The summed E-state index contributed by atoms with van der Waals surface area (Å²) in [6, 6.07) is 0. The number of hydrogen-bond donors (Lipinski definition) is 3. The summed E-state index contributed by atoms with van der Waals surface area (Å²) in [4.78, 5) is 22.9. The highest BCUT2D eigenvalue weighted by molar-refractivity contribution is 5.87. The molecule has 1 aliphatic rings. The van der Waals surface area contributed by atoms with Crippen LogP contribution in [0.1, 0.15) is 33.6 Å². The van der Waals surface area contributed by atoms with Gasteiger partial charge >= 0.3 is 0 Å². The number of carbonyl (C=O) groups excluding carboxylic acids is 2. The van der Waals surface area contributed by atoms with Crippen molar-refractivity contribution in [1.29, 1.82) is 0 Å². The van der Waals surface area contributed by atoms with Gasteiger partial charge in [-0.1, -0.05) is 0 Å². The molecule has 1 atom stereocenters. The summed E-state index contributed by atoms with van der Waals surface area (Å²) in [5.74, 6) is -0.369. The van der Waals surface area contributed by atoms with Crippen LogP contribution in [0.4, 0.5) is 0 Å². The molecule has 1 aliphatic carbocycles. The van der Waals surface area contributed by atoms with Crippen molar-refractivity contribution >= 4 is 11.8 Å². The van der Waals surface area contributed by atoms with Crippen LogP contribution < -0.4 is 16.8 Å². The molecular formula is C11H21N3O2. The van der Waals surface area contributed by atoms with Crippen molar-refractivity contribution in [2.24, 2.45) is 22.8 Å². The largest absolute Gasteiger partial charge is 0.369 e. The van der Waals surface area contributed by atoms with Crippen LogP contribution in [0.5, 0.6) is 0 Å². The molecule has 1 fully saturated rings. The van der Waals surface area contributed by atoms with E-state index >= 15 is 0 Å². The fraction of sp³-hybridized carbons (Fsp3) is 0.818. The molecule has 0 radical (unpaired) electrons. The maximum absolute atomic E-state index is 11.8. The molecule has 5 N–H and O–H groups in total. The number of carbonyl (C=O) groups is 2. The monoisotopic (exact) mass is 227 g/mol. The molecule has 0 saturated heterocycles. The van der Waals surface area contributed by atoms with Crippen LogP contribution in [0.15, 0.2) is 0 Å². The quantitative estimate of drug-likeness (QED) is 0.603. The number of nitrogens with two attached hydrogens (primary N) is 2. The summed E-state index contributed by atoms with van der Waals surface area (Å²) < 4.78 is 0. The highest BCUT2D eigenvalue weighted by atomic mass is 16.2. The lowest BCUT2D eigenvalue weighted by molar-refractivity contribution is -0.129. The average molecular weight is 227 g/mol. The zero-order valence-electron chi connectivity index (χ0n) is 10.2. The fourth-order valence-electron chi connectivity index (χ4n) is 1.45. The molecule has 1 unspecified atom stereocenters. The van der Waals surface area contributed by atoms with Gasteiger partial charge in [0.25, 0.3) is 0 Å². The lowest BCUT2D eigenvalue weighted by Crippen LogP contribution is -2.55. The second-order valence-corrected chi connectivity index (χ2v) is 5.49. The van der Waals surface area contributed by atoms with Gasteiger partial charge in [-0.15, -0.1) is 0 Å². The molecule has 0 heterocycles. The fourth-order valence-corrected chi connectivity index (χ4v) is 1.45. The third kappa shape index (κ3) is 2.72. The minimum Gasteiger partial charge on any atom is -0.369 e. The van der Waals surface area contributed by atoms with Gasteiger partial charge in [-0.2, -0.15) is 0 Å². The maximum Gasteiger partial charge on any atom is 0.240 e. The average Bonchev–Trinajstić information content (AvgIpc) is 2.96. The molecule has 0 aliphatic heterocycles. The van der Waals surface area contributed by atoms with Crippen LogP contribution in [0, 0.1) is 11.3 Å². The van der Waals surface area contributed by atoms with Crippen LogP contribution in [0.25, 0.3) is 0 Å². The second-order valence-electron chi connectivity index (χ2n) is 5.49. The smallest absolute Gasteiger partial charge is 0.240 e. The van der Waals surface area contributed by atoms with Gasteiger partial charge in [0.05, 0.1) is 11.0 Å². The van der Waals surface area contributed by atoms with Crippen LogP contribution in [0.2, 0.25) is 0 Å². The molecule has 16 heavy (non-hydrogen) atoms. The lowest BCUT2D eigenvalue weighted by atomic mass is 9.91. The lowest BCUT2D eigenvalue weighted by Gasteiger charge is -2.27. The van der Waals surface area contributed by atoms with E-state index in [-0.39, 0.29) is 18.4 Å². The first-order chi connectivity index (χ1) is 7.18. The van der Waals surface area contributed by atoms with E-state index in [4.69, 9.17) is 11.5 Å². The summed E-state index contributed by atoms with van der Waals surface area (Å²) in [6.07, 6.45) is 2.00.